The monoisotopic (exact) mass is 518 g/mol. The largest absolute Gasteiger partial charge is 0.460 e. The summed E-state index contributed by atoms with van der Waals surface area (Å²) in [6.07, 6.45) is 12.3. The van der Waals surface area contributed by atoms with Crippen molar-refractivity contribution in [1.82, 2.24) is 0 Å². The topological polar surface area (TPSA) is 71.2 Å². The van der Waals surface area contributed by atoms with Crippen LogP contribution in [0.25, 0.3) is 0 Å². The van der Waals surface area contributed by atoms with E-state index in [0.717, 1.165) is 43.2 Å². The van der Waals surface area contributed by atoms with Gasteiger partial charge >= 0.3 is 5.97 Å². The minimum Gasteiger partial charge on any atom is -0.460 e. The van der Waals surface area contributed by atoms with Gasteiger partial charge in [-0.15, -0.1) is 0 Å². The lowest BCUT2D eigenvalue weighted by Gasteiger charge is -2.39. The van der Waals surface area contributed by atoms with Crippen molar-refractivity contribution in [2.75, 3.05) is 13.2 Å². The number of aryl methyl sites for hydroxylation is 2. The molecule has 1 aliphatic heterocycles. The Kier molecular flexibility index (Phi) is 11.6. The van der Waals surface area contributed by atoms with Crippen molar-refractivity contribution in [1.29, 1.82) is 0 Å². The van der Waals surface area contributed by atoms with Crippen LogP contribution in [0.2, 0.25) is 0 Å². The van der Waals surface area contributed by atoms with E-state index in [-0.39, 0.29) is 17.7 Å². The lowest BCUT2D eigenvalue weighted by Crippen LogP contribution is -2.40. The quantitative estimate of drug-likeness (QED) is 0.0861. The minimum absolute atomic E-state index is 0.0557. The Bertz CT molecular complexity index is 1100. The lowest BCUT2D eigenvalue weighted by molar-refractivity contribution is -0.135. The molecule has 3 rings (SSSR count). The molecule has 5 nitrogen and oxygen atoms in total. The van der Waals surface area contributed by atoms with Crippen molar-refractivity contribution in [3.8, 4) is 0 Å². The molecule has 1 aliphatic rings. The summed E-state index contributed by atoms with van der Waals surface area (Å²) in [5.41, 5.74) is 6.03. The van der Waals surface area contributed by atoms with Gasteiger partial charge in [0.25, 0.3) is 0 Å². The average molecular weight is 519 g/mol. The van der Waals surface area contributed by atoms with Crippen LogP contribution in [0.3, 0.4) is 0 Å². The SMILES string of the molecule is CCCCCCCc1ccc(CCOC(=O)C(=NO)C2=NCC(CCC)(CCC)c3c(C)cccc32)cc1. The van der Waals surface area contributed by atoms with Crippen LogP contribution in [0.1, 0.15) is 106 Å². The van der Waals surface area contributed by atoms with Gasteiger partial charge in [-0.1, -0.05) is 107 Å². The third kappa shape index (κ3) is 7.33. The fraction of sp³-hybridized carbons (Fsp3) is 0.545. The minimum atomic E-state index is -0.638. The number of benzene rings is 2. The van der Waals surface area contributed by atoms with Crippen molar-refractivity contribution in [3.63, 3.8) is 0 Å². The van der Waals surface area contributed by atoms with Gasteiger partial charge < -0.3 is 9.94 Å². The second kappa shape index (κ2) is 14.8. The van der Waals surface area contributed by atoms with Gasteiger partial charge in [0.05, 0.1) is 6.61 Å². The van der Waals surface area contributed by atoms with Crippen LogP contribution >= 0.6 is 0 Å². The second-order valence-corrected chi connectivity index (χ2v) is 10.8. The highest BCUT2D eigenvalue weighted by Gasteiger charge is 2.39. The molecule has 2 aromatic carbocycles. The van der Waals surface area contributed by atoms with Crippen molar-refractivity contribution in [2.45, 2.75) is 104 Å². The summed E-state index contributed by atoms with van der Waals surface area (Å²) in [5, 5.41) is 13.2. The highest BCUT2D eigenvalue weighted by molar-refractivity contribution is 6.69. The molecule has 0 aliphatic carbocycles. The smallest absolute Gasteiger partial charge is 0.362 e. The predicted octanol–water partition coefficient (Wildman–Crippen LogP) is 7.76. The molecule has 0 saturated carbocycles. The molecule has 0 spiro atoms. The lowest BCUT2D eigenvalue weighted by atomic mass is 9.68. The molecule has 206 valence electrons. The van der Waals surface area contributed by atoms with Gasteiger partial charge in [-0.2, -0.15) is 0 Å². The Labute approximate surface area is 229 Å². The first-order chi connectivity index (χ1) is 18.5. The van der Waals surface area contributed by atoms with Gasteiger partial charge in [-0.3, -0.25) is 4.99 Å². The van der Waals surface area contributed by atoms with Crippen LogP contribution < -0.4 is 0 Å². The van der Waals surface area contributed by atoms with Crippen molar-refractivity contribution < 1.29 is 14.7 Å². The first-order valence-corrected chi connectivity index (χ1v) is 14.6. The summed E-state index contributed by atoms with van der Waals surface area (Å²) < 4.78 is 5.57. The van der Waals surface area contributed by atoms with Gasteiger partial charge in [0.2, 0.25) is 5.71 Å². The Hall–Kier alpha value is -2.95. The van der Waals surface area contributed by atoms with E-state index in [2.05, 4.69) is 63.2 Å². The predicted molar refractivity (Wildman–Crippen MR) is 157 cm³/mol. The van der Waals surface area contributed by atoms with Gasteiger partial charge in [0.15, 0.2) is 0 Å². The summed E-state index contributed by atoms with van der Waals surface area (Å²) in [4.78, 5) is 17.9. The second-order valence-electron chi connectivity index (χ2n) is 10.8. The molecule has 1 heterocycles. The number of hydrogen-bond donors (Lipinski definition) is 1. The molecule has 0 amide bonds. The molecule has 1 N–H and O–H groups in total. The van der Waals surface area contributed by atoms with Crippen molar-refractivity contribution in [2.24, 2.45) is 10.1 Å². The summed E-state index contributed by atoms with van der Waals surface area (Å²) in [6, 6.07) is 14.7. The molecule has 0 fully saturated rings. The average Bonchev–Trinajstić information content (AvgIpc) is 2.91. The zero-order chi connectivity index (χ0) is 27.4. The maximum atomic E-state index is 13.0. The van der Waals surface area contributed by atoms with Crippen LogP contribution in [0.15, 0.2) is 52.6 Å². The Morgan fingerprint density at radius 3 is 2.21 bits per heavy atom. The molecule has 0 atom stereocenters. The molecule has 2 aromatic rings. The molecule has 5 heteroatoms. The van der Waals surface area contributed by atoms with E-state index in [1.165, 1.54) is 48.8 Å². The number of carbonyl (C=O) groups excluding carboxylic acids is 1. The fourth-order valence-electron chi connectivity index (χ4n) is 5.98. The van der Waals surface area contributed by atoms with Gasteiger partial charge in [-0.25, -0.2) is 4.79 Å². The Balaban J connectivity index is 1.64. The summed E-state index contributed by atoms with van der Waals surface area (Å²) >= 11 is 0. The summed E-state index contributed by atoms with van der Waals surface area (Å²) in [6.45, 7) is 9.57. The molecule has 0 bridgehead atoms. The number of ether oxygens (including phenoxy) is 1. The van der Waals surface area contributed by atoms with Gasteiger partial charge in [-0.05, 0) is 54.9 Å². The van der Waals surface area contributed by atoms with Crippen LogP contribution in [0.4, 0.5) is 0 Å². The molecule has 38 heavy (non-hydrogen) atoms. The number of unbranched alkanes of at least 4 members (excludes halogenated alkanes) is 4. The Morgan fingerprint density at radius 1 is 0.921 bits per heavy atom. The van der Waals surface area contributed by atoms with E-state index < -0.39 is 5.97 Å². The normalized spacial score (nSPS) is 14.6. The van der Waals surface area contributed by atoms with E-state index in [9.17, 15) is 10.0 Å². The summed E-state index contributed by atoms with van der Waals surface area (Å²) in [7, 11) is 0. The van der Waals surface area contributed by atoms with Crippen molar-refractivity contribution in [3.05, 3.63) is 70.3 Å². The Morgan fingerprint density at radius 2 is 1.58 bits per heavy atom. The van der Waals surface area contributed by atoms with Crippen LogP contribution in [0.5, 0.6) is 0 Å². The first-order valence-electron chi connectivity index (χ1n) is 14.6. The van der Waals surface area contributed by atoms with Crippen molar-refractivity contribution >= 4 is 17.4 Å². The van der Waals surface area contributed by atoms with E-state index >= 15 is 0 Å². The molecule has 0 aromatic heterocycles. The zero-order valence-electron chi connectivity index (χ0n) is 23.9. The van der Waals surface area contributed by atoms with E-state index in [4.69, 9.17) is 9.73 Å². The molecule has 0 unspecified atom stereocenters. The summed E-state index contributed by atoms with van der Waals surface area (Å²) in [5.74, 6) is -0.638. The number of rotatable bonds is 15. The first kappa shape index (κ1) is 29.6. The van der Waals surface area contributed by atoms with Crippen LogP contribution in [-0.2, 0) is 27.8 Å². The highest BCUT2D eigenvalue weighted by Crippen LogP contribution is 2.41. The zero-order valence-corrected chi connectivity index (χ0v) is 23.9. The van der Waals surface area contributed by atoms with E-state index in [0.29, 0.717) is 18.7 Å². The molecular formula is C33H46N2O3. The molecular weight excluding hydrogens is 472 g/mol. The number of oxime groups is 1. The van der Waals surface area contributed by atoms with E-state index in [1.807, 2.05) is 12.1 Å². The molecule has 0 saturated heterocycles. The maximum Gasteiger partial charge on any atom is 0.362 e. The van der Waals surface area contributed by atoms with Crippen LogP contribution in [0, 0.1) is 6.92 Å². The van der Waals surface area contributed by atoms with Crippen LogP contribution in [-0.4, -0.2) is 35.8 Å². The number of esters is 1. The van der Waals surface area contributed by atoms with Gasteiger partial charge in [0.1, 0.15) is 5.71 Å². The molecule has 0 radical (unpaired) electrons. The standard InChI is InChI=1S/C33H46N2O3/c1-5-8-9-10-11-14-26-16-18-27(19-17-26)20-23-38-32(36)31(35-37)30-28-15-12-13-25(4)29(28)33(21-6-2,22-7-3)24-34-30/h12-13,15-19,37H,5-11,14,20-24H2,1-4H3. The fourth-order valence-corrected chi connectivity index (χ4v) is 5.98. The highest BCUT2D eigenvalue weighted by atomic mass is 16.5. The third-order valence-electron chi connectivity index (χ3n) is 7.79. The number of hydrogen-bond acceptors (Lipinski definition) is 5. The number of carbonyl (C=O) groups is 1. The third-order valence-corrected chi connectivity index (χ3v) is 7.79. The van der Waals surface area contributed by atoms with E-state index in [1.54, 1.807) is 0 Å². The maximum absolute atomic E-state index is 13.0. The number of aliphatic imine (C=N–C) groups is 1. The number of fused-ring (bicyclic) bond motifs is 1. The number of nitrogens with zero attached hydrogens (tertiary/aromatic N) is 2. The van der Waals surface area contributed by atoms with Gasteiger partial charge in [0, 0.05) is 23.9 Å².